The van der Waals surface area contributed by atoms with E-state index < -0.39 is 0 Å². The van der Waals surface area contributed by atoms with Gasteiger partial charge in [0.2, 0.25) is 5.91 Å². The fourth-order valence-corrected chi connectivity index (χ4v) is 2.24. The van der Waals surface area contributed by atoms with Crippen molar-refractivity contribution in [3.05, 3.63) is 28.8 Å². The summed E-state index contributed by atoms with van der Waals surface area (Å²) in [5.41, 5.74) is 2.03. The normalized spacial score (nSPS) is 10.3. The molecule has 1 amide bonds. The number of carbonyl (C=O) groups is 1. The summed E-state index contributed by atoms with van der Waals surface area (Å²) in [5.74, 6) is 0.0136. The van der Waals surface area contributed by atoms with Crippen LogP contribution in [0.15, 0.2) is 18.2 Å². The highest BCUT2D eigenvalue weighted by Gasteiger charge is 2.12. The van der Waals surface area contributed by atoms with Crippen LogP contribution in [-0.4, -0.2) is 32.6 Å². The minimum Gasteiger partial charge on any atom is -0.361 e. The Hall–Kier alpha value is -1.26. The smallest absolute Gasteiger partial charge is 0.239 e. The van der Waals surface area contributed by atoms with Gasteiger partial charge in [-0.15, -0.1) is 0 Å². The Balaban J connectivity index is 2.83. The molecule has 4 nitrogen and oxygen atoms in total. The maximum absolute atomic E-state index is 11.7. The van der Waals surface area contributed by atoms with Crippen molar-refractivity contribution < 1.29 is 4.79 Å². The van der Waals surface area contributed by atoms with Crippen molar-refractivity contribution in [2.45, 2.75) is 20.4 Å². The van der Waals surface area contributed by atoms with E-state index in [9.17, 15) is 4.79 Å². The summed E-state index contributed by atoms with van der Waals surface area (Å²) >= 11 is 6.30. The van der Waals surface area contributed by atoms with Gasteiger partial charge in [-0.1, -0.05) is 17.7 Å². The van der Waals surface area contributed by atoms with Crippen LogP contribution in [0.25, 0.3) is 0 Å². The lowest BCUT2D eigenvalue weighted by atomic mass is 10.2. The predicted octanol–water partition coefficient (Wildman–Crippen LogP) is 2.02. The molecule has 0 aliphatic heterocycles. The van der Waals surface area contributed by atoms with Gasteiger partial charge in [0.25, 0.3) is 0 Å². The predicted molar refractivity (Wildman–Crippen MR) is 80.8 cm³/mol. The van der Waals surface area contributed by atoms with Gasteiger partial charge in [0.05, 0.1) is 17.3 Å². The largest absolute Gasteiger partial charge is 0.361 e. The molecule has 0 spiro atoms. The van der Waals surface area contributed by atoms with E-state index in [1.165, 1.54) is 0 Å². The minimum absolute atomic E-state index is 0.0136. The van der Waals surface area contributed by atoms with Crippen LogP contribution in [0.3, 0.4) is 0 Å². The Morgan fingerprint density at radius 3 is 2.63 bits per heavy atom. The summed E-state index contributed by atoms with van der Waals surface area (Å²) in [4.78, 5) is 13.6. The monoisotopic (exact) mass is 283 g/mol. The molecule has 106 valence electrons. The van der Waals surface area contributed by atoms with Crippen molar-refractivity contribution >= 4 is 23.2 Å². The number of nitrogens with zero attached hydrogens (tertiary/aromatic N) is 1. The molecule has 0 unspecified atom stereocenters. The van der Waals surface area contributed by atoms with E-state index in [-0.39, 0.29) is 5.91 Å². The summed E-state index contributed by atoms with van der Waals surface area (Å²) in [6, 6.07) is 5.93. The summed E-state index contributed by atoms with van der Waals surface area (Å²) in [5, 5.41) is 6.56. The Bertz CT molecular complexity index is 423. The third-order valence-electron chi connectivity index (χ3n) is 2.82. The number of benzene rings is 1. The second-order valence-electron chi connectivity index (χ2n) is 4.28. The van der Waals surface area contributed by atoms with E-state index in [0.717, 1.165) is 24.3 Å². The van der Waals surface area contributed by atoms with E-state index in [4.69, 9.17) is 11.6 Å². The molecule has 1 aromatic carbocycles. The standard InChI is InChI=1S/C14H22ClN3O/c1-4-17-14(19)10-18(5-2)13-7-6-11(9-16-3)8-12(13)15/h6-8,16H,4-5,9-10H2,1-3H3,(H,17,19). The average molecular weight is 284 g/mol. The number of halogens is 1. The zero-order valence-corrected chi connectivity index (χ0v) is 12.5. The van der Waals surface area contributed by atoms with Gasteiger partial charge in [0.1, 0.15) is 0 Å². The lowest BCUT2D eigenvalue weighted by molar-refractivity contribution is -0.119. The molecule has 5 heteroatoms. The van der Waals surface area contributed by atoms with Crippen LogP contribution in [0.4, 0.5) is 5.69 Å². The minimum atomic E-state index is 0.0136. The van der Waals surface area contributed by atoms with Gasteiger partial charge in [-0.2, -0.15) is 0 Å². The number of rotatable bonds is 7. The molecule has 0 aromatic heterocycles. The second-order valence-corrected chi connectivity index (χ2v) is 4.69. The number of hydrogen-bond acceptors (Lipinski definition) is 3. The third kappa shape index (κ3) is 4.73. The third-order valence-corrected chi connectivity index (χ3v) is 3.13. The average Bonchev–Trinajstić information content (AvgIpc) is 2.37. The zero-order chi connectivity index (χ0) is 14.3. The molecule has 0 saturated heterocycles. The van der Waals surface area contributed by atoms with Crippen LogP contribution in [0, 0.1) is 0 Å². The Kier molecular flexibility index (Phi) is 6.67. The first kappa shape index (κ1) is 15.8. The Labute approximate surface area is 120 Å². The van der Waals surface area contributed by atoms with Crippen molar-refractivity contribution in [3.8, 4) is 0 Å². The number of likely N-dealkylation sites (N-methyl/N-ethyl adjacent to an activating group) is 2. The van der Waals surface area contributed by atoms with Crippen molar-refractivity contribution in [1.82, 2.24) is 10.6 Å². The van der Waals surface area contributed by atoms with Crippen LogP contribution < -0.4 is 15.5 Å². The van der Waals surface area contributed by atoms with Gasteiger partial charge >= 0.3 is 0 Å². The molecule has 0 atom stereocenters. The molecular weight excluding hydrogens is 262 g/mol. The summed E-state index contributed by atoms with van der Waals surface area (Å²) in [7, 11) is 1.90. The fourth-order valence-electron chi connectivity index (χ4n) is 1.91. The maximum Gasteiger partial charge on any atom is 0.239 e. The van der Waals surface area contributed by atoms with Crippen molar-refractivity contribution in [3.63, 3.8) is 0 Å². The van der Waals surface area contributed by atoms with E-state index in [1.54, 1.807) is 0 Å². The van der Waals surface area contributed by atoms with Gasteiger partial charge < -0.3 is 15.5 Å². The van der Waals surface area contributed by atoms with Gasteiger partial charge in [-0.25, -0.2) is 0 Å². The van der Waals surface area contributed by atoms with Crippen LogP contribution >= 0.6 is 11.6 Å². The first-order chi connectivity index (χ1) is 9.12. The lowest BCUT2D eigenvalue weighted by Gasteiger charge is -2.23. The molecule has 19 heavy (non-hydrogen) atoms. The molecule has 1 aromatic rings. The molecule has 1 rings (SSSR count). The number of hydrogen-bond donors (Lipinski definition) is 2. The molecule has 0 bridgehead atoms. The molecule has 0 heterocycles. The van der Waals surface area contributed by atoms with Crippen LogP contribution in [0.1, 0.15) is 19.4 Å². The number of amides is 1. The summed E-state index contributed by atoms with van der Waals surface area (Å²) in [6.07, 6.45) is 0. The quantitative estimate of drug-likeness (QED) is 0.805. The van der Waals surface area contributed by atoms with Crippen molar-refractivity contribution in [2.24, 2.45) is 0 Å². The first-order valence-electron chi connectivity index (χ1n) is 6.57. The Morgan fingerprint density at radius 1 is 1.37 bits per heavy atom. The SMILES string of the molecule is CCNC(=O)CN(CC)c1ccc(CNC)cc1Cl. The summed E-state index contributed by atoms with van der Waals surface area (Å²) in [6.45, 7) is 6.41. The van der Waals surface area contributed by atoms with E-state index >= 15 is 0 Å². The molecule has 0 aliphatic rings. The molecular formula is C14H22ClN3O. The molecule has 2 N–H and O–H groups in total. The van der Waals surface area contributed by atoms with Crippen molar-refractivity contribution in [2.75, 3.05) is 31.6 Å². The zero-order valence-electron chi connectivity index (χ0n) is 11.8. The van der Waals surface area contributed by atoms with Gasteiger partial charge in [0, 0.05) is 19.6 Å². The maximum atomic E-state index is 11.7. The fraction of sp³-hybridized carbons (Fsp3) is 0.500. The number of anilines is 1. The first-order valence-corrected chi connectivity index (χ1v) is 6.94. The lowest BCUT2D eigenvalue weighted by Crippen LogP contribution is -2.37. The van der Waals surface area contributed by atoms with Crippen molar-refractivity contribution in [1.29, 1.82) is 0 Å². The van der Waals surface area contributed by atoms with Crippen LogP contribution in [0.2, 0.25) is 5.02 Å². The van der Waals surface area contributed by atoms with E-state index in [2.05, 4.69) is 10.6 Å². The van der Waals surface area contributed by atoms with Gasteiger partial charge in [0.15, 0.2) is 0 Å². The second kappa shape index (κ2) is 8.02. The van der Waals surface area contributed by atoms with E-state index in [0.29, 0.717) is 18.1 Å². The summed E-state index contributed by atoms with van der Waals surface area (Å²) < 4.78 is 0. The molecule has 0 aliphatic carbocycles. The molecule has 0 saturated carbocycles. The van der Waals surface area contributed by atoms with Gasteiger partial charge in [-0.05, 0) is 38.6 Å². The highest BCUT2D eigenvalue weighted by molar-refractivity contribution is 6.33. The number of carbonyl (C=O) groups excluding carboxylic acids is 1. The molecule has 0 fully saturated rings. The molecule has 0 radical (unpaired) electrons. The highest BCUT2D eigenvalue weighted by Crippen LogP contribution is 2.26. The van der Waals surface area contributed by atoms with Crippen LogP contribution in [-0.2, 0) is 11.3 Å². The Morgan fingerprint density at radius 2 is 2.11 bits per heavy atom. The topological polar surface area (TPSA) is 44.4 Å². The van der Waals surface area contributed by atoms with Crippen LogP contribution in [0.5, 0.6) is 0 Å². The highest BCUT2D eigenvalue weighted by atomic mass is 35.5. The van der Waals surface area contributed by atoms with Gasteiger partial charge in [-0.3, -0.25) is 4.79 Å². The number of nitrogens with one attached hydrogen (secondary N) is 2. The van der Waals surface area contributed by atoms with E-state index in [1.807, 2.05) is 44.0 Å².